The Morgan fingerprint density at radius 1 is 1.30 bits per heavy atom. The maximum atomic E-state index is 12.8. The third kappa shape index (κ3) is 2.35. The van der Waals surface area contributed by atoms with Crippen molar-refractivity contribution >= 4 is 16.6 Å². The van der Waals surface area contributed by atoms with Gasteiger partial charge in [0.2, 0.25) is 0 Å². The molecule has 0 aliphatic carbocycles. The van der Waals surface area contributed by atoms with Gasteiger partial charge in [0.15, 0.2) is 5.69 Å². The Morgan fingerprint density at radius 3 is 2.45 bits per heavy atom. The first-order valence-electron chi connectivity index (χ1n) is 5.64. The first-order chi connectivity index (χ1) is 9.19. The van der Waals surface area contributed by atoms with Gasteiger partial charge in [0.1, 0.15) is 5.60 Å². The van der Waals surface area contributed by atoms with Gasteiger partial charge >= 0.3 is 6.18 Å². The van der Waals surface area contributed by atoms with Gasteiger partial charge in [-0.05, 0) is 30.5 Å². The van der Waals surface area contributed by atoms with E-state index in [2.05, 4.69) is 9.83 Å². The SMILES string of the molecule is [C-]#[N+]c1cc2cc(C(C)(O)CO)[nH]c2cc1C(F)(F)F. The molecule has 1 aromatic carbocycles. The molecule has 1 aromatic heterocycles. The second-order valence-electron chi connectivity index (χ2n) is 4.68. The molecule has 0 saturated heterocycles. The van der Waals surface area contributed by atoms with E-state index in [1.54, 1.807) is 0 Å². The zero-order valence-electron chi connectivity index (χ0n) is 10.4. The molecule has 3 N–H and O–H groups in total. The van der Waals surface area contributed by atoms with E-state index < -0.39 is 29.6 Å². The third-order valence-corrected chi connectivity index (χ3v) is 3.05. The number of benzene rings is 1. The molecule has 2 aromatic rings. The monoisotopic (exact) mass is 284 g/mol. The van der Waals surface area contributed by atoms with Crippen molar-refractivity contribution < 1.29 is 23.4 Å². The Kier molecular flexibility index (Phi) is 3.24. The van der Waals surface area contributed by atoms with Crippen molar-refractivity contribution in [3.8, 4) is 0 Å². The van der Waals surface area contributed by atoms with Crippen LogP contribution < -0.4 is 0 Å². The molecular formula is C13H11F3N2O2. The van der Waals surface area contributed by atoms with Gasteiger partial charge in [-0.3, -0.25) is 0 Å². The Hall–Kier alpha value is -2.04. The lowest BCUT2D eigenvalue weighted by Gasteiger charge is -2.18. The molecule has 1 heterocycles. The van der Waals surface area contributed by atoms with Gasteiger partial charge in [-0.2, -0.15) is 13.2 Å². The van der Waals surface area contributed by atoms with Crippen molar-refractivity contribution in [2.24, 2.45) is 0 Å². The molecule has 2 rings (SSSR count). The number of nitrogens with one attached hydrogen (secondary N) is 1. The van der Waals surface area contributed by atoms with Crippen molar-refractivity contribution in [2.75, 3.05) is 6.61 Å². The molecule has 7 heteroatoms. The van der Waals surface area contributed by atoms with Crippen LogP contribution in [-0.2, 0) is 11.8 Å². The maximum absolute atomic E-state index is 12.8. The largest absolute Gasteiger partial charge is 0.407 e. The summed E-state index contributed by atoms with van der Waals surface area (Å²) in [5, 5.41) is 19.3. The van der Waals surface area contributed by atoms with E-state index in [1.165, 1.54) is 13.0 Å². The first-order valence-corrected chi connectivity index (χ1v) is 5.64. The predicted molar refractivity (Wildman–Crippen MR) is 66.2 cm³/mol. The highest BCUT2D eigenvalue weighted by Gasteiger charge is 2.34. The number of hydrogen-bond acceptors (Lipinski definition) is 2. The number of aliphatic hydroxyl groups is 2. The summed E-state index contributed by atoms with van der Waals surface area (Å²) < 4.78 is 38.5. The highest BCUT2D eigenvalue weighted by atomic mass is 19.4. The van der Waals surface area contributed by atoms with Crippen LogP contribution in [0.4, 0.5) is 18.9 Å². The molecule has 0 spiro atoms. The minimum Gasteiger partial charge on any atom is -0.393 e. The number of alkyl halides is 3. The maximum Gasteiger partial charge on any atom is 0.407 e. The van der Waals surface area contributed by atoms with Crippen LogP contribution in [0.2, 0.25) is 0 Å². The summed E-state index contributed by atoms with van der Waals surface area (Å²) in [4.78, 5) is 5.52. The molecule has 4 nitrogen and oxygen atoms in total. The molecule has 0 radical (unpaired) electrons. The van der Waals surface area contributed by atoms with Crippen molar-refractivity contribution in [1.82, 2.24) is 4.98 Å². The molecule has 1 atom stereocenters. The van der Waals surface area contributed by atoms with Crippen LogP contribution in [0.15, 0.2) is 18.2 Å². The van der Waals surface area contributed by atoms with Crippen LogP contribution in [-0.4, -0.2) is 21.8 Å². The predicted octanol–water partition coefficient (Wildman–Crippen LogP) is 2.94. The van der Waals surface area contributed by atoms with Crippen LogP contribution in [0.5, 0.6) is 0 Å². The Labute approximate surface area is 112 Å². The quantitative estimate of drug-likeness (QED) is 0.742. The van der Waals surface area contributed by atoms with Crippen molar-refractivity contribution in [3.05, 3.63) is 40.9 Å². The van der Waals surface area contributed by atoms with E-state index >= 15 is 0 Å². The van der Waals surface area contributed by atoms with E-state index in [0.29, 0.717) is 5.39 Å². The fourth-order valence-electron chi connectivity index (χ4n) is 1.86. The molecule has 20 heavy (non-hydrogen) atoms. The summed E-state index contributed by atoms with van der Waals surface area (Å²) >= 11 is 0. The van der Waals surface area contributed by atoms with E-state index in [4.69, 9.17) is 11.7 Å². The highest BCUT2D eigenvalue weighted by molar-refractivity contribution is 5.86. The zero-order chi connectivity index (χ0) is 15.1. The molecule has 106 valence electrons. The van der Waals surface area contributed by atoms with Crippen molar-refractivity contribution in [1.29, 1.82) is 0 Å². The van der Waals surface area contributed by atoms with Gasteiger partial charge in [-0.25, -0.2) is 4.85 Å². The van der Waals surface area contributed by atoms with Crippen molar-refractivity contribution in [3.63, 3.8) is 0 Å². The molecule has 0 fully saturated rings. The zero-order valence-corrected chi connectivity index (χ0v) is 10.4. The molecule has 0 saturated carbocycles. The Bertz CT molecular complexity index is 696. The Balaban J connectivity index is 2.69. The lowest BCUT2D eigenvalue weighted by molar-refractivity contribution is -0.136. The van der Waals surface area contributed by atoms with E-state index in [0.717, 1.165) is 12.1 Å². The lowest BCUT2D eigenvalue weighted by Crippen LogP contribution is -2.26. The van der Waals surface area contributed by atoms with Crippen LogP contribution >= 0.6 is 0 Å². The van der Waals surface area contributed by atoms with Gasteiger partial charge in [-0.1, -0.05) is 0 Å². The van der Waals surface area contributed by atoms with Gasteiger partial charge < -0.3 is 15.2 Å². The highest BCUT2D eigenvalue weighted by Crippen LogP contribution is 2.39. The van der Waals surface area contributed by atoms with Gasteiger partial charge in [0.05, 0.1) is 24.4 Å². The van der Waals surface area contributed by atoms with E-state index in [9.17, 15) is 18.3 Å². The summed E-state index contributed by atoms with van der Waals surface area (Å²) in [6, 6.07) is 3.36. The summed E-state index contributed by atoms with van der Waals surface area (Å²) in [6.45, 7) is 7.58. The standard InChI is InChI=1S/C13H11F3N2O2/c1-12(20,6-19)11-4-7-3-10(17-2)8(13(14,15)16)5-9(7)18-11/h3-5,18-20H,6H2,1H3. The molecule has 0 amide bonds. The number of halogens is 3. The van der Waals surface area contributed by atoms with E-state index in [1.807, 2.05) is 0 Å². The number of rotatable bonds is 2. The average Bonchev–Trinajstić information content (AvgIpc) is 2.79. The normalized spacial score (nSPS) is 15.1. The number of aliphatic hydroxyl groups excluding tert-OH is 1. The molecule has 1 unspecified atom stereocenters. The number of aromatic nitrogens is 1. The number of hydrogen-bond donors (Lipinski definition) is 3. The fraction of sp³-hybridized carbons (Fsp3) is 0.308. The molecular weight excluding hydrogens is 273 g/mol. The number of fused-ring (bicyclic) bond motifs is 1. The molecule has 0 aliphatic rings. The van der Waals surface area contributed by atoms with Gasteiger partial charge in [0, 0.05) is 5.52 Å². The second kappa shape index (κ2) is 4.51. The third-order valence-electron chi connectivity index (χ3n) is 3.05. The summed E-state index contributed by atoms with van der Waals surface area (Å²) in [7, 11) is 0. The average molecular weight is 284 g/mol. The molecule has 0 bridgehead atoms. The minimum absolute atomic E-state index is 0.147. The summed E-state index contributed by atoms with van der Waals surface area (Å²) in [5.41, 5.74) is -2.79. The first kappa shape index (κ1) is 14.4. The second-order valence-corrected chi connectivity index (χ2v) is 4.68. The number of aromatic amines is 1. The van der Waals surface area contributed by atoms with E-state index in [-0.39, 0.29) is 11.2 Å². The van der Waals surface area contributed by atoms with Gasteiger partial charge in [0.25, 0.3) is 0 Å². The van der Waals surface area contributed by atoms with Crippen molar-refractivity contribution in [2.45, 2.75) is 18.7 Å². The lowest BCUT2D eigenvalue weighted by atomic mass is 10.0. The minimum atomic E-state index is -4.63. The van der Waals surface area contributed by atoms with Crippen LogP contribution in [0.25, 0.3) is 15.7 Å². The van der Waals surface area contributed by atoms with Gasteiger partial charge in [-0.15, -0.1) is 0 Å². The fourth-order valence-corrected chi connectivity index (χ4v) is 1.86. The number of nitrogens with zero attached hydrogens (tertiary/aromatic N) is 1. The molecule has 0 aliphatic heterocycles. The van der Waals surface area contributed by atoms with Crippen LogP contribution in [0.3, 0.4) is 0 Å². The van der Waals surface area contributed by atoms with Crippen LogP contribution in [0, 0.1) is 6.57 Å². The van der Waals surface area contributed by atoms with Crippen LogP contribution in [0.1, 0.15) is 18.2 Å². The Morgan fingerprint density at radius 2 is 1.95 bits per heavy atom. The topological polar surface area (TPSA) is 60.6 Å². The number of H-pyrrole nitrogens is 1. The summed E-state index contributed by atoms with van der Waals surface area (Å²) in [5.74, 6) is 0. The summed E-state index contributed by atoms with van der Waals surface area (Å²) in [6.07, 6.45) is -4.63. The smallest absolute Gasteiger partial charge is 0.393 e.